The Labute approximate surface area is 358 Å². The second-order valence-electron chi connectivity index (χ2n) is 18.1. The van der Waals surface area contributed by atoms with E-state index in [9.17, 15) is 0 Å². The van der Waals surface area contributed by atoms with Crippen molar-refractivity contribution in [3.8, 4) is 44.5 Å². The summed E-state index contributed by atoms with van der Waals surface area (Å²) >= 11 is 0. The van der Waals surface area contributed by atoms with E-state index in [1.54, 1.807) is 0 Å². The summed E-state index contributed by atoms with van der Waals surface area (Å²) in [6.07, 6.45) is 0. The molecule has 0 saturated carbocycles. The van der Waals surface area contributed by atoms with Crippen molar-refractivity contribution in [1.29, 1.82) is 0 Å². The third kappa shape index (κ3) is 5.20. The first-order chi connectivity index (χ1) is 29.8. The van der Waals surface area contributed by atoms with Gasteiger partial charge < -0.3 is 4.90 Å². The molecule has 0 radical (unpaired) electrons. The van der Waals surface area contributed by atoms with Crippen LogP contribution >= 0.6 is 0 Å². The Hall–Kier alpha value is -7.22. The van der Waals surface area contributed by atoms with Crippen LogP contribution in [-0.2, 0) is 10.8 Å². The van der Waals surface area contributed by atoms with Crippen molar-refractivity contribution in [2.24, 2.45) is 0 Å². The summed E-state index contributed by atoms with van der Waals surface area (Å²) in [6, 6.07) is 74.8. The third-order valence-corrected chi connectivity index (χ3v) is 14.1. The first kappa shape index (κ1) is 35.7. The van der Waals surface area contributed by atoms with E-state index in [0.29, 0.717) is 0 Å². The largest absolute Gasteiger partial charge is 0.310 e. The van der Waals surface area contributed by atoms with Gasteiger partial charge in [-0.3, -0.25) is 0 Å². The molecule has 0 fully saturated rings. The molecule has 0 N–H and O–H groups in total. The summed E-state index contributed by atoms with van der Waals surface area (Å²) in [4.78, 5) is 2.47. The second-order valence-corrected chi connectivity index (χ2v) is 18.1. The zero-order valence-electron chi connectivity index (χ0n) is 35.0. The summed E-state index contributed by atoms with van der Waals surface area (Å²) in [6.45, 7) is 9.48. The van der Waals surface area contributed by atoms with Crippen LogP contribution in [0.5, 0.6) is 0 Å². The fraction of sp³-hybridized carbons (Fsp3) is 0.100. The fourth-order valence-corrected chi connectivity index (χ4v) is 11.1. The van der Waals surface area contributed by atoms with Gasteiger partial charge in [0.05, 0.1) is 0 Å². The van der Waals surface area contributed by atoms with E-state index in [4.69, 9.17) is 0 Å². The predicted octanol–water partition coefficient (Wildman–Crippen LogP) is 16.6. The molecule has 0 aromatic heterocycles. The van der Waals surface area contributed by atoms with E-state index in [0.717, 1.165) is 17.1 Å². The highest BCUT2D eigenvalue weighted by Gasteiger charge is 2.37. The van der Waals surface area contributed by atoms with Crippen molar-refractivity contribution in [2.75, 3.05) is 4.90 Å². The second kappa shape index (κ2) is 13.1. The van der Waals surface area contributed by atoms with E-state index in [-0.39, 0.29) is 10.8 Å². The average molecular weight is 780 g/mol. The molecule has 10 aromatic carbocycles. The van der Waals surface area contributed by atoms with E-state index in [1.165, 1.54) is 99.1 Å². The van der Waals surface area contributed by atoms with Crippen molar-refractivity contribution in [3.05, 3.63) is 222 Å². The molecule has 2 aliphatic rings. The lowest BCUT2D eigenvalue weighted by atomic mass is 9.82. The van der Waals surface area contributed by atoms with E-state index in [1.807, 2.05) is 0 Å². The van der Waals surface area contributed by atoms with Crippen molar-refractivity contribution < 1.29 is 0 Å². The van der Waals surface area contributed by atoms with Crippen LogP contribution in [0.1, 0.15) is 49.9 Å². The van der Waals surface area contributed by atoms with Gasteiger partial charge >= 0.3 is 0 Å². The highest BCUT2D eigenvalue weighted by Crippen LogP contribution is 2.53. The number of hydrogen-bond acceptors (Lipinski definition) is 1. The number of hydrogen-bond donors (Lipinski definition) is 0. The normalized spacial score (nSPS) is 14.2. The van der Waals surface area contributed by atoms with Crippen LogP contribution in [0.3, 0.4) is 0 Å². The van der Waals surface area contributed by atoms with Crippen molar-refractivity contribution in [1.82, 2.24) is 0 Å². The smallest absolute Gasteiger partial charge is 0.0465 e. The molecule has 10 aromatic rings. The number of anilines is 3. The van der Waals surface area contributed by atoms with Crippen LogP contribution in [0.15, 0.2) is 200 Å². The molecule has 0 aliphatic heterocycles. The minimum absolute atomic E-state index is 0.112. The SMILES string of the molecule is CC1(C)c2ccccc2-c2ccc(N(c3ccc(-c4c5ccccc5c(-c5cccc6ccccc56)c5ccccc45)cc3)c3ccc4c(c3)C(C)(C)c3ccccc3-4)cc21. The zero-order valence-corrected chi connectivity index (χ0v) is 35.0. The van der Waals surface area contributed by atoms with Gasteiger partial charge in [0, 0.05) is 27.9 Å². The molecule has 0 heterocycles. The minimum atomic E-state index is -0.112. The Bertz CT molecular complexity index is 3250. The molecular formula is C60H45N. The molecule has 12 rings (SSSR count). The monoisotopic (exact) mass is 779 g/mol. The quantitative estimate of drug-likeness (QED) is 0.157. The first-order valence-corrected chi connectivity index (χ1v) is 21.6. The van der Waals surface area contributed by atoms with Crippen molar-refractivity contribution >= 4 is 49.4 Å². The molecule has 0 atom stereocenters. The molecule has 0 spiro atoms. The van der Waals surface area contributed by atoms with Crippen LogP contribution in [0.4, 0.5) is 17.1 Å². The Morgan fingerprint density at radius 1 is 0.295 bits per heavy atom. The fourth-order valence-electron chi connectivity index (χ4n) is 11.1. The Balaban J connectivity index is 1.04. The maximum absolute atomic E-state index is 2.47. The Morgan fingerprint density at radius 2 is 0.689 bits per heavy atom. The molecule has 0 unspecified atom stereocenters. The van der Waals surface area contributed by atoms with Gasteiger partial charge in [-0.2, -0.15) is 0 Å². The summed E-state index contributed by atoms with van der Waals surface area (Å²) in [5.74, 6) is 0. The van der Waals surface area contributed by atoms with E-state index in [2.05, 4.69) is 233 Å². The number of benzene rings is 10. The molecule has 290 valence electrons. The topological polar surface area (TPSA) is 3.24 Å². The zero-order chi connectivity index (χ0) is 41.0. The lowest BCUT2D eigenvalue weighted by Gasteiger charge is -2.30. The maximum Gasteiger partial charge on any atom is 0.0465 e. The molecule has 1 heteroatoms. The number of rotatable bonds is 5. The van der Waals surface area contributed by atoms with Crippen LogP contribution in [-0.4, -0.2) is 0 Å². The predicted molar refractivity (Wildman–Crippen MR) is 260 cm³/mol. The van der Waals surface area contributed by atoms with Gasteiger partial charge in [-0.05, 0) is 135 Å². The van der Waals surface area contributed by atoms with Crippen LogP contribution in [0.2, 0.25) is 0 Å². The van der Waals surface area contributed by atoms with Gasteiger partial charge in [0.25, 0.3) is 0 Å². The standard InChI is InChI=1S/C60H45N/c1-59(2)53-26-13-11-19-44(53)46-34-32-41(36-55(46)59)61(42-33-35-47-45-20-12-14-27-54(45)60(3,4)56(47)37-42)40-30-28-39(29-31-40)57-49-21-7-9-23-51(49)58(52-24-10-8-22-50(52)57)48-25-15-17-38-16-5-6-18-43(38)48/h5-37H,1-4H3. The van der Waals surface area contributed by atoms with Gasteiger partial charge in [-0.1, -0.05) is 191 Å². The molecule has 61 heavy (non-hydrogen) atoms. The van der Waals surface area contributed by atoms with E-state index >= 15 is 0 Å². The van der Waals surface area contributed by atoms with Gasteiger partial charge in [-0.25, -0.2) is 0 Å². The van der Waals surface area contributed by atoms with Gasteiger partial charge in [0.1, 0.15) is 0 Å². The lowest BCUT2D eigenvalue weighted by Crippen LogP contribution is -2.18. The molecule has 0 bridgehead atoms. The summed E-state index contributed by atoms with van der Waals surface area (Å²) < 4.78 is 0. The van der Waals surface area contributed by atoms with Crippen LogP contribution in [0, 0.1) is 0 Å². The summed E-state index contributed by atoms with van der Waals surface area (Å²) in [5, 5.41) is 7.58. The number of fused-ring (bicyclic) bond motifs is 9. The summed E-state index contributed by atoms with van der Waals surface area (Å²) in [5.41, 5.74) is 19.1. The van der Waals surface area contributed by atoms with Crippen LogP contribution < -0.4 is 4.90 Å². The molecular weight excluding hydrogens is 735 g/mol. The highest BCUT2D eigenvalue weighted by atomic mass is 15.1. The summed E-state index contributed by atoms with van der Waals surface area (Å²) in [7, 11) is 0. The van der Waals surface area contributed by atoms with Crippen LogP contribution in [0.25, 0.3) is 76.8 Å². The third-order valence-electron chi connectivity index (χ3n) is 14.1. The number of nitrogens with zero attached hydrogens (tertiary/aromatic N) is 1. The minimum Gasteiger partial charge on any atom is -0.310 e. The first-order valence-electron chi connectivity index (χ1n) is 21.6. The van der Waals surface area contributed by atoms with Gasteiger partial charge in [0.2, 0.25) is 0 Å². The lowest BCUT2D eigenvalue weighted by molar-refractivity contribution is 0.660. The molecule has 0 saturated heterocycles. The Morgan fingerprint density at radius 3 is 1.23 bits per heavy atom. The Kier molecular flexibility index (Phi) is 7.69. The van der Waals surface area contributed by atoms with E-state index < -0.39 is 0 Å². The average Bonchev–Trinajstić information content (AvgIpc) is 3.67. The molecule has 2 aliphatic carbocycles. The van der Waals surface area contributed by atoms with Gasteiger partial charge in [0.15, 0.2) is 0 Å². The van der Waals surface area contributed by atoms with Crippen molar-refractivity contribution in [2.45, 2.75) is 38.5 Å². The van der Waals surface area contributed by atoms with Crippen molar-refractivity contribution in [3.63, 3.8) is 0 Å². The molecule has 0 amide bonds. The highest BCUT2D eigenvalue weighted by molar-refractivity contribution is 6.23. The maximum atomic E-state index is 2.47. The van der Waals surface area contributed by atoms with Gasteiger partial charge in [-0.15, -0.1) is 0 Å². The molecule has 1 nitrogen and oxygen atoms in total.